The van der Waals surface area contributed by atoms with Gasteiger partial charge in [0, 0.05) is 46.6 Å². The van der Waals surface area contributed by atoms with Crippen molar-refractivity contribution in [1.82, 2.24) is 19.5 Å². The van der Waals surface area contributed by atoms with Gasteiger partial charge in [0.05, 0.1) is 17.1 Å². The second-order valence-corrected chi connectivity index (χ2v) is 9.22. The van der Waals surface area contributed by atoms with Crippen LogP contribution in [0.4, 0.5) is 13.2 Å². The maximum atomic E-state index is 15.1. The van der Waals surface area contributed by atoms with Crippen molar-refractivity contribution in [3.05, 3.63) is 70.8 Å². The molecule has 0 bridgehead atoms. The van der Waals surface area contributed by atoms with Gasteiger partial charge in [0.25, 0.3) is 0 Å². The number of nitrogens with zero attached hydrogens (tertiary/aromatic N) is 4. The number of imidazole rings is 1. The second-order valence-electron chi connectivity index (χ2n) is 8.81. The molecular weight excluding hydrogens is 485 g/mol. The Morgan fingerprint density at radius 3 is 2.57 bits per heavy atom. The molecule has 0 spiro atoms. The summed E-state index contributed by atoms with van der Waals surface area (Å²) in [6, 6.07) is 6.51. The van der Waals surface area contributed by atoms with Crippen LogP contribution in [0.25, 0.3) is 22.2 Å². The third kappa shape index (κ3) is 4.11. The van der Waals surface area contributed by atoms with Gasteiger partial charge in [-0.05, 0) is 32.0 Å². The summed E-state index contributed by atoms with van der Waals surface area (Å²) in [5.74, 6) is -0.253. The number of hydrogen-bond donors (Lipinski definition) is 2. The number of aliphatic hydroxyl groups is 2. The minimum absolute atomic E-state index is 0.114. The molecule has 1 aliphatic rings. The third-order valence-electron chi connectivity index (χ3n) is 5.93. The van der Waals surface area contributed by atoms with Gasteiger partial charge in [-0.25, -0.2) is 19.3 Å². The van der Waals surface area contributed by atoms with Gasteiger partial charge >= 0.3 is 6.61 Å². The highest BCUT2D eigenvalue weighted by Crippen LogP contribution is 2.47. The van der Waals surface area contributed by atoms with Gasteiger partial charge in [0.1, 0.15) is 29.1 Å². The van der Waals surface area contributed by atoms with Gasteiger partial charge in [0.2, 0.25) is 0 Å². The highest BCUT2D eigenvalue weighted by Gasteiger charge is 2.37. The van der Waals surface area contributed by atoms with Crippen LogP contribution in [0.2, 0.25) is 5.02 Å². The maximum Gasteiger partial charge on any atom is 0.387 e. The largest absolute Gasteiger partial charge is 0.434 e. The van der Waals surface area contributed by atoms with Crippen LogP contribution in [0.1, 0.15) is 49.6 Å². The summed E-state index contributed by atoms with van der Waals surface area (Å²) >= 11 is 6.39. The molecule has 0 aliphatic carbocycles. The molecule has 11 heteroatoms. The number of halogens is 4. The van der Waals surface area contributed by atoms with Crippen LogP contribution in [0.15, 0.2) is 42.7 Å². The van der Waals surface area contributed by atoms with Crippen molar-refractivity contribution in [3.8, 4) is 16.9 Å². The van der Waals surface area contributed by atoms with Gasteiger partial charge in [-0.1, -0.05) is 17.7 Å². The number of hydrogen-bond acceptors (Lipinski definition) is 6. The van der Waals surface area contributed by atoms with Crippen LogP contribution in [0.5, 0.6) is 5.75 Å². The molecule has 0 radical (unpaired) electrons. The number of fused-ring (bicyclic) bond motifs is 3. The summed E-state index contributed by atoms with van der Waals surface area (Å²) in [4.78, 5) is 12.7. The van der Waals surface area contributed by atoms with Gasteiger partial charge in [-0.3, -0.25) is 0 Å². The van der Waals surface area contributed by atoms with E-state index in [0.717, 1.165) is 0 Å². The van der Waals surface area contributed by atoms with Crippen molar-refractivity contribution in [2.75, 3.05) is 0 Å². The van der Waals surface area contributed by atoms with Crippen LogP contribution >= 0.6 is 11.6 Å². The van der Waals surface area contributed by atoms with E-state index < -0.39 is 30.2 Å². The van der Waals surface area contributed by atoms with Crippen LogP contribution in [0.3, 0.4) is 0 Å². The Morgan fingerprint density at radius 2 is 1.91 bits per heavy atom. The fourth-order valence-electron chi connectivity index (χ4n) is 4.41. The quantitative estimate of drug-likeness (QED) is 0.391. The van der Waals surface area contributed by atoms with Gasteiger partial charge in [-0.2, -0.15) is 8.78 Å². The van der Waals surface area contributed by atoms with E-state index in [1.54, 1.807) is 16.7 Å². The fraction of sp³-hybridized carbons (Fsp3) is 0.292. The minimum atomic E-state index is -3.06. The standard InChI is InChI=1S/C24H20ClF3N4O3/c1-24(2,34)22-29-9-11(10-30-22)12-6-16-15(7-14(12)26)31-21-18(33)8-17(32(16)21)20-13(25)4-3-5-19(20)35-23(27)28/h3-7,9-10,17-18,23,33-34H,8H2,1-2H3/t17-,18?/m1/s1. The van der Waals surface area contributed by atoms with Crippen molar-refractivity contribution in [2.24, 2.45) is 0 Å². The van der Waals surface area contributed by atoms with E-state index in [1.807, 2.05) is 0 Å². The number of alkyl halides is 2. The monoisotopic (exact) mass is 504 g/mol. The topological polar surface area (TPSA) is 93.3 Å². The molecule has 2 N–H and O–H groups in total. The first kappa shape index (κ1) is 23.5. The van der Waals surface area contributed by atoms with E-state index in [4.69, 9.17) is 16.3 Å². The smallest absolute Gasteiger partial charge is 0.387 e. The third-order valence-corrected chi connectivity index (χ3v) is 6.26. The Hall–Kier alpha value is -3.21. The summed E-state index contributed by atoms with van der Waals surface area (Å²) in [7, 11) is 0. The molecule has 2 atom stereocenters. The number of benzene rings is 2. The molecule has 1 aliphatic heterocycles. The predicted octanol–water partition coefficient (Wildman–Crippen LogP) is 5.14. The molecule has 0 saturated carbocycles. The number of aliphatic hydroxyl groups excluding tert-OH is 1. The van der Waals surface area contributed by atoms with Crippen LogP contribution in [0, 0.1) is 5.82 Å². The number of ether oxygens (including phenoxy) is 1. The lowest BCUT2D eigenvalue weighted by atomic mass is 10.0. The highest BCUT2D eigenvalue weighted by atomic mass is 35.5. The molecule has 2 aromatic carbocycles. The normalized spacial score (nSPS) is 17.9. The molecule has 7 nitrogen and oxygen atoms in total. The number of aromatic nitrogens is 4. The van der Waals surface area contributed by atoms with Gasteiger partial charge in [-0.15, -0.1) is 0 Å². The van der Waals surface area contributed by atoms with Crippen molar-refractivity contribution in [1.29, 1.82) is 0 Å². The SMILES string of the molecule is CC(C)(O)c1ncc(-c2cc3c(cc2F)nc2n3[C@@H](c3c(Cl)cccc3OC(F)F)CC2O)cn1. The van der Waals surface area contributed by atoms with E-state index in [0.29, 0.717) is 11.1 Å². The minimum Gasteiger partial charge on any atom is -0.434 e. The first-order valence-corrected chi connectivity index (χ1v) is 11.1. The lowest BCUT2D eigenvalue weighted by Crippen LogP contribution is -2.19. The van der Waals surface area contributed by atoms with Crippen molar-refractivity contribution >= 4 is 22.6 Å². The van der Waals surface area contributed by atoms with Gasteiger partial charge in [0.15, 0.2) is 5.82 Å². The lowest BCUT2D eigenvalue weighted by molar-refractivity contribution is -0.0507. The molecule has 182 valence electrons. The predicted molar refractivity (Wildman–Crippen MR) is 122 cm³/mol. The summed E-state index contributed by atoms with van der Waals surface area (Å²) in [6.45, 7) is 0.0115. The Labute approximate surface area is 202 Å². The van der Waals surface area contributed by atoms with E-state index in [9.17, 15) is 19.0 Å². The Morgan fingerprint density at radius 1 is 1.20 bits per heavy atom. The first-order valence-electron chi connectivity index (χ1n) is 10.7. The van der Waals surface area contributed by atoms with E-state index in [-0.39, 0.29) is 45.5 Å². The highest BCUT2D eigenvalue weighted by molar-refractivity contribution is 6.31. The second kappa shape index (κ2) is 8.47. The number of rotatable bonds is 5. The molecule has 0 saturated heterocycles. The molecule has 35 heavy (non-hydrogen) atoms. The molecule has 3 heterocycles. The molecule has 4 aromatic rings. The Kier molecular flexibility index (Phi) is 5.70. The Bertz CT molecular complexity index is 1420. The molecule has 0 amide bonds. The molecule has 0 fully saturated rings. The molecular formula is C24H20ClF3N4O3. The average molecular weight is 505 g/mol. The van der Waals surface area contributed by atoms with Crippen molar-refractivity contribution in [2.45, 2.75) is 44.6 Å². The Balaban J connectivity index is 1.66. The molecule has 1 unspecified atom stereocenters. The van der Waals surface area contributed by atoms with Crippen LogP contribution in [-0.4, -0.2) is 36.3 Å². The first-order chi connectivity index (χ1) is 16.5. The fourth-order valence-corrected chi connectivity index (χ4v) is 4.70. The summed E-state index contributed by atoms with van der Waals surface area (Å²) in [5, 5.41) is 21.0. The lowest BCUT2D eigenvalue weighted by Gasteiger charge is -2.20. The van der Waals surface area contributed by atoms with Gasteiger partial charge < -0.3 is 19.5 Å². The maximum absolute atomic E-state index is 15.1. The summed E-state index contributed by atoms with van der Waals surface area (Å²) in [6.07, 6.45) is 1.91. The van der Waals surface area contributed by atoms with E-state index in [1.165, 1.54) is 44.4 Å². The molecule has 5 rings (SSSR count). The van der Waals surface area contributed by atoms with Crippen molar-refractivity contribution in [3.63, 3.8) is 0 Å². The zero-order valence-electron chi connectivity index (χ0n) is 18.6. The van der Waals surface area contributed by atoms with E-state index >= 15 is 4.39 Å². The van der Waals surface area contributed by atoms with Crippen molar-refractivity contribution < 1.29 is 28.1 Å². The molecule has 2 aromatic heterocycles. The summed E-state index contributed by atoms with van der Waals surface area (Å²) < 4.78 is 47.5. The average Bonchev–Trinajstić information content (AvgIpc) is 3.29. The zero-order valence-corrected chi connectivity index (χ0v) is 19.3. The van der Waals surface area contributed by atoms with Crippen LogP contribution in [-0.2, 0) is 5.60 Å². The summed E-state index contributed by atoms with van der Waals surface area (Å²) in [5.41, 5.74) is 0.294. The zero-order chi connectivity index (χ0) is 25.1. The van der Waals surface area contributed by atoms with Crippen LogP contribution < -0.4 is 4.74 Å². The van der Waals surface area contributed by atoms with E-state index in [2.05, 4.69) is 15.0 Å².